The summed E-state index contributed by atoms with van der Waals surface area (Å²) in [7, 11) is 0. The number of hydrogen-bond acceptors (Lipinski definition) is 1. The highest BCUT2D eigenvalue weighted by atomic mass is 15.1. The number of rotatable bonds is 11. The van der Waals surface area contributed by atoms with Gasteiger partial charge >= 0.3 is 0 Å². The molecule has 1 saturated carbocycles. The number of hydrogen-bond donors (Lipinski definition) is 0. The molecule has 0 aliphatic heterocycles. The van der Waals surface area contributed by atoms with Crippen LogP contribution in [0.15, 0.2) is 291 Å². The molecule has 78 heavy (non-hydrogen) atoms. The quantitative estimate of drug-likeness (QED) is 0.125. The van der Waals surface area contributed by atoms with E-state index in [0.717, 1.165) is 22.6 Å². The highest BCUT2D eigenvalue weighted by Gasteiger charge is 2.46. The van der Waals surface area contributed by atoms with Gasteiger partial charge in [-0.3, -0.25) is 0 Å². The normalized spacial score (nSPS) is 13.7. The summed E-state index contributed by atoms with van der Waals surface area (Å²) >= 11 is 0. The van der Waals surface area contributed by atoms with E-state index >= 15 is 0 Å². The summed E-state index contributed by atoms with van der Waals surface area (Å²) in [6, 6.07) is 109. The molecule has 1 fully saturated rings. The van der Waals surface area contributed by atoms with E-state index in [1.165, 1.54) is 132 Å². The van der Waals surface area contributed by atoms with E-state index in [0.29, 0.717) is 5.92 Å². The molecule has 0 aromatic heterocycles. The molecule has 372 valence electrons. The van der Waals surface area contributed by atoms with E-state index in [9.17, 15) is 0 Å². The fourth-order valence-electron chi connectivity index (χ4n) is 13.4. The smallest absolute Gasteiger partial charge is 0.0713 e. The second-order valence-corrected chi connectivity index (χ2v) is 21.3. The second-order valence-electron chi connectivity index (χ2n) is 21.3. The van der Waals surface area contributed by atoms with Crippen LogP contribution in [-0.2, 0) is 5.41 Å². The molecule has 0 heterocycles. The number of benzene rings is 12. The molecule has 0 atom stereocenters. The fraction of sp³-hybridized carbons (Fsp3) is 0.0909. The lowest BCUT2D eigenvalue weighted by Gasteiger charge is -2.34. The Kier molecular flexibility index (Phi) is 12.3. The van der Waals surface area contributed by atoms with Crippen LogP contribution >= 0.6 is 0 Å². The highest BCUT2D eigenvalue weighted by Crippen LogP contribution is 2.57. The van der Waals surface area contributed by atoms with Gasteiger partial charge in [0.05, 0.1) is 16.8 Å². The second kappa shape index (κ2) is 20.3. The van der Waals surface area contributed by atoms with Crippen LogP contribution in [0.5, 0.6) is 0 Å². The first-order valence-electron chi connectivity index (χ1n) is 27.9. The summed E-state index contributed by atoms with van der Waals surface area (Å²) in [5.74, 6) is 0.550. The molecule has 2 aliphatic rings. The average molecular weight is 998 g/mol. The van der Waals surface area contributed by atoms with Crippen LogP contribution < -0.4 is 4.90 Å². The lowest BCUT2D eigenvalue weighted by atomic mass is 9.67. The van der Waals surface area contributed by atoms with E-state index in [1.807, 2.05) is 0 Å². The first-order valence-corrected chi connectivity index (χ1v) is 27.9. The van der Waals surface area contributed by atoms with Crippen LogP contribution in [0.1, 0.15) is 65.8 Å². The van der Waals surface area contributed by atoms with Gasteiger partial charge in [-0.1, -0.05) is 274 Å². The van der Waals surface area contributed by atoms with Gasteiger partial charge in [-0.25, -0.2) is 0 Å². The summed E-state index contributed by atoms with van der Waals surface area (Å²) in [4.78, 5) is 2.54. The molecular weight excluding hydrogens is 939 g/mol. The maximum atomic E-state index is 2.54. The molecule has 14 rings (SSSR count). The molecule has 1 heteroatoms. The molecular formula is C77H59N. The number of para-hydroxylation sites is 2. The Morgan fingerprint density at radius 2 is 0.795 bits per heavy atom. The molecule has 0 bridgehead atoms. The van der Waals surface area contributed by atoms with Gasteiger partial charge in [0.1, 0.15) is 0 Å². The van der Waals surface area contributed by atoms with Gasteiger partial charge in [-0.05, 0) is 149 Å². The van der Waals surface area contributed by atoms with Gasteiger partial charge in [0, 0.05) is 16.8 Å². The molecule has 1 nitrogen and oxygen atoms in total. The Morgan fingerprint density at radius 1 is 0.295 bits per heavy atom. The largest absolute Gasteiger partial charge is 0.309 e. The first kappa shape index (κ1) is 47.2. The maximum absolute atomic E-state index is 2.54. The minimum absolute atomic E-state index is 0.522. The summed E-state index contributed by atoms with van der Waals surface area (Å²) in [6.45, 7) is 0. The van der Waals surface area contributed by atoms with E-state index in [1.54, 1.807) is 0 Å². The fourth-order valence-corrected chi connectivity index (χ4v) is 13.4. The topological polar surface area (TPSA) is 3.24 Å². The van der Waals surface area contributed by atoms with Crippen LogP contribution in [0.2, 0.25) is 0 Å². The highest BCUT2D eigenvalue weighted by molar-refractivity contribution is 6.04. The van der Waals surface area contributed by atoms with E-state index in [4.69, 9.17) is 0 Å². The van der Waals surface area contributed by atoms with Gasteiger partial charge < -0.3 is 4.90 Å². The van der Waals surface area contributed by atoms with Crippen LogP contribution in [0.25, 0.3) is 77.5 Å². The van der Waals surface area contributed by atoms with Gasteiger partial charge in [0.25, 0.3) is 0 Å². The predicted octanol–water partition coefficient (Wildman–Crippen LogP) is 21.1. The summed E-state index contributed by atoms with van der Waals surface area (Å²) < 4.78 is 0. The molecule has 12 aromatic carbocycles. The Balaban J connectivity index is 0.969. The zero-order valence-electron chi connectivity index (χ0n) is 43.8. The number of nitrogens with zero attached hydrogens (tertiary/aromatic N) is 1. The Labute approximate surface area is 459 Å². The summed E-state index contributed by atoms with van der Waals surface area (Å²) in [5.41, 5.74) is 24.0. The van der Waals surface area contributed by atoms with E-state index in [2.05, 4.69) is 296 Å². The third-order valence-electron chi connectivity index (χ3n) is 17.0. The lowest BCUT2D eigenvalue weighted by molar-refractivity contribution is 0.445. The zero-order chi connectivity index (χ0) is 51.8. The molecule has 12 aromatic rings. The van der Waals surface area contributed by atoms with Gasteiger partial charge in [0.15, 0.2) is 0 Å². The standard InChI is InChI=1S/C77H59N/c1-6-24-55(25-7-1)64-50-46-59(52-71(64)57-28-10-3-11-29-57)54-44-48-63(49-45-54)78(75-43-21-18-38-69(75)70-40-23-31-58-30-22-39-66(76(58)70)56-26-8-2-9-27-56)74-42-20-17-36-65(74)60-47-51-68-67-37-16-19-41-72(67)77(73(68)53-60,61-32-12-4-13-33-61)62-34-14-5-15-35-62/h1,3-7,10-25,28-53,56H,2,8-9,26-27H2. The third-order valence-corrected chi connectivity index (χ3v) is 17.0. The van der Waals surface area contributed by atoms with Crippen molar-refractivity contribution >= 4 is 27.8 Å². The summed E-state index contributed by atoms with van der Waals surface area (Å²) in [5, 5.41) is 2.68. The number of fused-ring (bicyclic) bond motifs is 4. The van der Waals surface area contributed by atoms with Gasteiger partial charge in [-0.2, -0.15) is 0 Å². The van der Waals surface area contributed by atoms with Crippen LogP contribution in [0.4, 0.5) is 17.1 Å². The van der Waals surface area contributed by atoms with Crippen molar-refractivity contribution in [2.75, 3.05) is 4.90 Å². The lowest BCUT2D eigenvalue weighted by Crippen LogP contribution is -2.28. The van der Waals surface area contributed by atoms with Crippen molar-refractivity contribution < 1.29 is 0 Å². The zero-order valence-corrected chi connectivity index (χ0v) is 43.8. The van der Waals surface area contributed by atoms with Crippen molar-refractivity contribution in [3.63, 3.8) is 0 Å². The molecule has 0 unspecified atom stereocenters. The Hall–Kier alpha value is -9.30. The van der Waals surface area contributed by atoms with Crippen molar-refractivity contribution in [1.29, 1.82) is 0 Å². The van der Waals surface area contributed by atoms with E-state index < -0.39 is 5.41 Å². The van der Waals surface area contributed by atoms with Crippen molar-refractivity contribution in [2.45, 2.75) is 43.4 Å². The van der Waals surface area contributed by atoms with Gasteiger partial charge in [-0.15, -0.1) is 0 Å². The molecule has 0 amide bonds. The SMILES string of the molecule is c1ccc(-c2ccc(-c3ccc(N(c4ccccc4-c4ccc5c(c4)C(c4ccccc4)(c4ccccc4)c4ccccc4-5)c4ccccc4-c4cccc5cccc(C6CCCCC6)c45)cc3)cc2-c2ccccc2)cc1. The van der Waals surface area contributed by atoms with Crippen molar-refractivity contribution in [3.8, 4) is 66.8 Å². The van der Waals surface area contributed by atoms with Crippen molar-refractivity contribution in [3.05, 3.63) is 319 Å². The maximum Gasteiger partial charge on any atom is 0.0713 e. The predicted molar refractivity (Wildman–Crippen MR) is 329 cm³/mol. The first-order chi connectivity index (χ1) is 38.7. The minimum atomic E-state index is -0.522. The minimum Gasteiger partial charge on any atom is -0.309 e. The molecule has 0 spiro atoms. The molecule has 0 N–H and O–H groups in total. The Morgan fingerprint density at radius 3 is 1.47 bits per heavy atom. The summed E-state index contributed by atoms with van der Waals surface area (Å²) in [6.07, 6.45) is 6.39. The van der Waals surface area contributed by atoms with Crippen LogP contribution in [-0.4, -0.2) is 0 Å². The average Bonchev–Trinajstić information content (AvgIpc) is 4.06. The molecule has 0 radical (unpaired) electrons. The van der Waals surface area contributed by atoms with Crippen LogP contribution in [0.3, 0.4) is 0 Å². The van der Waals surface area contributed by atoms with Crippen molar-refractivity contribution in [1.82, 2.24) is 0 Å². The number of anilines is 3. The molecule has 2 aliphatic carbocycles. The van der Waals surface area contributed by atoms with Gasteiger partial charge in [0.2, 0.25) is 0 Å². The van der Waals surface area contributed by atoms with E-state index in [-0.39, 0.29) is 0 Å². The van der Waals surface area contributed by atoms with Crippen LogP contribution in [0, 0.1) is 0 Å². The monoisotopic (exact) mass is 997 g/mol. The van der Waals surface area contributed by atoms with Crippen molar-refractivity contribution in [2.24, 2.45) is 0 Å². The molecule has 0 saturated heterocycles. The third kappa shape index (κ3) is 8.17. The Bertz CT molecular complexity index is 4050.